The van der Waals surface area contributed by atoms with Crippen LogP contribution in [0.15, 0.2) is 28.1 Å². The third-order valence-corrected chi connectivity index (χ3v) is 2.59. The fraction of sp³-hybridized carbons (Fsp3) is 0.100. The largest absolute Gasteiger partial charge is 0.506 e. The minimum Gasteiger partial charge on any atom is -0.506 e. The molecule has 0 atom stereocenters. The molecule has 84 valence electrons. The lowest BCUT2D eigenvalue weighted by Crippen LogP contribution is -2.08. The average Bonchev–Trinajstić information content (AvgIpc) is 2.69. The monoisotopic (exact) mass is 238 g/mol. The predicted molar refractivity (Wildman–Crippen MR) is 62.6 cm³/mol. The minimum absolute atomic E-state index is 0.0405. The van der Waals surface area contributed by atoms with Gasteiger partial charge < -0.3 is 10.8 Å². The minimum atomic E-state index is -0.919. The van der Waals surface area contributed by atoms with Crippen molar-refractivity contribution in [2.24, 2.45) is 10.7 Å². The molecule has 0 spiro atoms. The number of aliphatic hydroxyl groups is 1. The molecule has 0 aliphatic heterocycles. The number of ketones is 1. The second-order valence-corrected chi connectivity index (χ2v) is 3.84. The number of rotatable bonds is 3. The van der Waals surface area contributed by atoms with E-state index in [1.54, 1.807) is 17.5 Å². The third kappa shape index (κ3) is 3.03. The molecule has 16 heavy (non-hydrogen) atoms. The number of aliphatic imine (C=N–C) groups is 1. The van der Waals surface area contributed by atoms with E-state index in [0.29, 0.717) is 4.88 Å². The number of amides is 2. The van der Waals surface area contributed by atoms with Crippen LogP contribution in [-0.4, -0.2) is 23.1 Å². The van der Waals surface area contributed by atoms with Crippen molar-refractivity contribution in [2.45, 2.75) is 6.92 Å². The summed E-state index contributed by atoms with van der Waals surface area (Å²) in [6, 6.07) is 2.47. The molecule has 1 aromatic heterocycles. The Hall–Kier alpha value is -1.95. The SMILES string of the molecule is CC(=O)C(/C=N/C(N)=O)=C(\O)c1cccs1. The first-order valence-electron chi connectivity index (χ1n) is 4.34. The number of carbonyl (C=O) groups excluding carboxylic acids is 2. The van der Waals surface area contributed by atoms with Crippen molar-refractivity contribution in [3.63, 3.8) is 0 Å². The van der Waals surface area contributed by atoms with Crippen molar-refractivity contribution in [1.29, 1.82) is 0 Å². The number of hydrogen-bond donors (Lipinski definition) is 2. The Bertz CT molecular complexity index is 460. The van der Waals surface area contributed by atoms with Gasteiger partial charge in [0.05, 0.1) is 10.5 Å². The van der Waals surface area contributed by atoms with Gasteiger partial charge in [-0.2, -0.15) is 0 Å². The van der Waals surface area contributed by atoms with E-state index in [-0.39, 0.29) is 11.3 Å². The average molecular weight is 238 g/mol. The highest BCUT2D eigenvalue weighted by molar-refractivity contribution is 7.11. The maximum absolute atomic E-state index is 11.2. The number of hydrogen-bond acceptors (Lipinski definition) is 4. The van der Waals surface area contributed by atoms with E-state index in [0.717, 1.165) is 6.21 Å². The highest BCUT2D eigenvalue weighted by Crippen LogP contribution is 2.20. The van der Waals surface area contributed by atoms with Crippen molar-refractivity contribution in [1.82, 2.24) is 0 Å². The van der Waals surface area contributed by atoms with Crippen LogP contribution >= 0.6 is 11.3 Å². The van der Waals surface area contributed by atoms with Crippen LogP contribution in [0.5, 0.6) is 0 Å². The molecule has 6 heteroatoms. The molecule has 0 aliphatic carbocycles. The van der Waals surface area contributed by atoms with Crippen LogP contribution in [-0.2, 0) is 4.79 Å². The fourth-order valence-electron chi connectivity index (χ4n) is 0.993. The molecule has 1 heterocycles. The summed E-state index contributed by atoms with van der Waals surface area (Å²) >= 11 is 1.27. The highest BCUT2D eigenvalue weighted by atomic mass is 32.1. The number of allylic oxidation sites excluding steroid dienone is 1. The standard InChI is InChI=1S/C10H10N2O3S/c1-6(13)7(5-12-10(11)15)9(14)8-3-2-4-16-8/h2-5,14H,1H3,(H2,11,15)/b9-7-,12-5+. The number of carbonyl (C=O) groups is 2. The molecule has 0 unspecified atom stereocenters. The molecule has 0 saturated heterocycles. The van der Waals surface area contributed by atoms with Gasteiger partial charge in [0.25, 0.3) is 0 Å². The predicted octanol–water partition coefficient (Wildman–Crippen LogP) is 1.76. The van der Waals surface area contributed by atoms with E-state index in [4.69, 9.17) is 5.73 Å². The van der Waals surface area contributed by atoms with Crippen LogP contribution in [0.1, 0.15) is 11.8 Å². The van der Waals surface area contributed by atoms with Crippen LogP contribution in [0.4, 0.5) is 4.79 Å². The smallest absolute Gasteiger partial charge is 0.338 e. The van der Waals surface area contributed by atoms with Gasteiger partial charge in [0.2, 0.25) is 0 Å². The van der Waals surface area contributed by atoms with E-state index < -0.39 is 11.8 Å². The van der Waals surface area contributed by atoms with Gasteiger partial charge >= 0.3 is 6.03 Å². The maximum atomic E-state index is 11.2. The highest BCUT2D eigenvalue weighted by Gasteiger charge is 2.11. The number of Topliss-reactive ketones (excluding diaryl/α,β-unsaturated/α-hetero) is 1. The Morgan fingerprint density at radius 3 is 2.69 bits per heavy atom. The van der Waals surface area contributed by atoms with Gasteiger partial charge in [-0.1, -0.05) is 6.07 Å². The van der Waals surface area contributed by atoms with E-state index in [1.165, 1.54) is 18.3 Å². The molecule has 0 radical (unpaired) electrons. The topological polar surface area (TPSA) is 92.8 Å². The molecule has 5 nitrogen and oxygen atoms in total. The first-order valence-corrected chi connectivity index (χ1v) is 5.22. The third-order valence-electron chi connectivity index (χ3n) is 1.71. The number of aliphatic hydroxyl groups excluding tert-OH is 1. The Kier molecular flexibility index (Phi) is 3.96. The zero-order chi connectivity index (χ0) is 12.1. The van der Waals surface area contributed by atoms with Crippen LogP contribution < -0.4 is 5.73 Å². The van der Waals surface area contributed by atoms with E-state index in [1.807, 2.05) is 0 Å². The molecule has 3 N–H and O–H groups in total. The van der Waals surface area contributed by atoms with Crippen molar-refractivity contribution in [2.75, 3.05) is 0 Å². The molecule has 2 amide bonds. The summed E-state index contributed by atoms with van der Waals surface area (Å²) in [5.74, 6) is -0.594. The van der Waals surface area contributed by atoms with Crippen LogP contribution in [0.3, 0.4) is 0 Å². The summed E-state index contributed by atoms with van der Waals surface area (Å²) in [4.78, 5) is 25.5. The molecular weight excluding hydrogens is 228 g/mol. The molecule has 0 saturated carbocycles. The number of primary amides is 1. The summed E-state index contributed by atoms with van der Waals surface area (Å²) in [7, 11) is 0. The molecular formula is C10H10N2O3S. The Balaban J connectivity index is 3.15. The second kappa shape index (κ2) is 5.22. The summed E-state index contributed by atoms with van der Waals surface area (Å²) in [6.07, 6.45) is 0.972. The lowest BCUT2D eigenvalue weighted by atomic mass is 10.1. The van der Waals surface area contributed by atoms with Crippen molar-refractivity contribution in [3.05, 3.63) is 28.0 Å². The summed E-state index contributed by atoms with van der Waals surface area (Å²) < 4.78 is 0. The summed E-state index contributed by atoms with van der Waals surface area (Å²) in [5.41, 5.74) is 4.77. The lowest BCUT2D eigenvalue weighted by Gasteiger charge is -2.00. The maximum Gasteiger partial charge on any atom is 0.338 e. The first-order chi connectivity index (χ1) is 7.52. The molecule has 0 fully saturated rings. The number of nitrogens with zero attached hydrogens (tertiary/aromatic N) is 1. The van der Waals surface area contributed by atoms with Crippen molar-refractivity contribution >= 4 is 35.1 Å². The fourth-order valence-corrected chi connectivity index (χ4v) is 1.68. The van der Waals surface area contributed by atoms with Crippen LogP contribution in [0.25, 0.3) is 5.76 Å². The van der Waals surface area contributed by atoms with E-state index in [2.05, 4.69) is 4.99 Å². The van der Waals surface area contributed by atoms with Gasteiger partial charge in [0.1, 0.15) is 5.76 Å². The lowest BCUT2D eigenvalue weighted by molar-refractivity contribution is -0.113. The molecule has 1 aromatic rings. The second-order valence-electron chi connectivity index (χ2n) is 2.89. The zero-order valence-electron chi connectivity index (χ0n) is 8.51. The van der Waals surface area contributed by atoms with E-state index in [9.17, 15) is 14.7 Å². The van der Waals surface area contributed by atoms with Gasteiger partial charge in [0, 0.05) is 6.21 Å². The zero-order valence-corrected chi connectivity index (χ0v) is 9.32. The van der Waals surface area contributed by atoms with Gasteiger partial charge in [0.15, 0.2) is 5.78 Å². The quantitative estimate of drug-likeness (QED) is 0.477. The number of thiophene rings is 1. The Labute approximate surface area is 95.9 Å². The Morgan fingerprint density at radius 1 is 1.56 bits per heavy atom. The van der Waals surface area contributed by atoms with Gasteiger partial charge in [-0.15, -0.1) is 11.3 Å². The number of nitrogens with two attached hydrogens (primary N) is 1. The Morgan fingerprint density at radius 2 is 2.25 bits per heavy atom. The molecule has 1 rings (SSSR count). The summed E-state index contributed by atoms with van der Waals surface area (Å²) in [5, 5.41) is 11.5. The molecule has 0 aliphatic rings. The van der Waals surface area contributed by atoms with Crippen molar-refractivity contribution in [3.8, 4) is 0 Å². The molecule has 0 bridgehead atoms. The van der Waals surface area contributed by atoms with Gasteiger partial charge in [-0.25, -0.2) is 9.79 Å². The van der Waals surface area contributed by atoms with Gasteiger partial charge in [-0.05, 0) is 18.4 Å². The first kappa shape index (κ1) is 12.1. The van der Waals surface area contributed by atoms with Gasteiger partial charge in [-0.3, -0.25) is 4.79 Å². The van der Waals surface area contributed by atoms with Crippen LogP contribution in [0, 0.1) is 0 Å². The van der Waals surface area contributed by atoms with Crippen LogP contribution in [0.2, 0.25) is 0 Å². The normalized spacial score (nSPS) is 12.6. The number of urea groups is 1. The summed E-state index contributed by atoms with van der Waals surface area (Å²) in [6.45, 7) is 1.27. The molecule has 0 aromatic carbocycles. The van der Waals surface area contributed by atoms with E-state index >= 15 is 0 Å². The van der Waals surface area contributed by atoms with Crippen molar-refractivity contribution < 1.29 is 14.7 Å².